The van der Waals surface area contributed by atoms with Gasteiger partial charge in [0.25, 0.3) is 0 Å². The fourth-order valence-corrected chi connectivity index (χ4v) is 2.17. The number of H-pyrrole nitrogens is 1. The normalized spacial score (nSPS) is 10.9. The molecule has 2 rings (SSSR count). The second kappa shape index (κ2) is 5.50. The molecule has 0 aliphatic carbocycles. The van der Waals surface area contributed by atoms with Crippen LogP contribution in [0.4, 0.5) is 0 Å². The van der Waals surface area contributed by atoms with E-state index in [0.29, 0.717) is 22.0 Å². The maximum absolute atomic E-state index is 11.9. The van der Waals surface area contributed by atoms with Crippen molar-refractivity contribution in [2.24, 2.45) is 5.16 Å². The van der Waals surface area contributed by atoms with Gasteiger partial charge in [0.2, 0.25) is 0 Å². The molecule has 0 fully saturated rings. The smallest absolute Gasteiger partial charge is 0.196 e. The molecule has 2 aromatic heterocycles. The molecule has 0 aliphatic rings. The standard InChI is InChI=1S/C12H11N3O2S/c1-18-12-10(7-14-17)15-9(6-11(12)16)8-4-2-3-5-13-8/h2-7,17H,1H3,(H,15,16)/b14-7+. The Morgan fingerprint density at radius 1 is 1.50 bits per heavy atom. The van der Waals surface area contributed by atoms with Gasteiger partial charge in [0.05, 0.1) is 28.2 Å². The molecule has 0 spiro atoms. The van der Waals surface area contributed by atoms with Crippen molar-refractivity contribution in [3.63, 3.8) is 0 Å². The molecular weight excluding hydrogens is 250 g/mol. The summed E-state index contributed by atoms with van der Waals surface area (Å²) in [6, 6.07) is 6.92. The van der Waals surface area contributed by atoms with Gasteiger partial charge >= 0.3 is 0 Å². The zero-order valence-corrected chi connectivity index (χ0v) is 10.4. The lowest BCUT2D eigenvalue weighted by atomic mass is 10.2. The fraction of sp³-hybridized carbons (Fsp3) is 0.0833. The van der Waals surface area contributed by atoms with Crippen molar-refractivity contribution >= 4 is 18.0 Å². The van der Waals surface area contributed by atoms with E-state index in [1.807, 2.05) is 6.07 Å². The zero-order chi connectivity index (χ0) is 13.0. The maximum atomic E-state index is 11.9. The van der Waals surface area contributed by atoms with Gasteiger partial charge in [-0.2, -0.15) is 0 Å². The van der Waals surface area contributed by atoms with Crippen LogP contribution in [-0.4, -0.2) is 27.6 Å². The van der Waals surface area contributed by atoms with Crippen LogP contribution in [-0.2, 0) is 0 Å². The van der Waals surface area contributed by atoms with Crippen LogP contribution in [0.25, 0.3) is 11.4 Å². The van der Waals surface area contributed by atoms with Gasteiger partial charge in [-0.25, -0.2) is 0 Å². The SMILES string of the molecule is CSc1c(/C=N/O)[nH]c(-c2ccccn2)cc1=O. The van der Waals surface area contributed by atoms with Gasteiger partial charge in [0.1, 0.15) is 0 Å². The first-order valence-electron chi connectivity index (χ1n) is 5.16. The summed E-state index contributed by atoms with van der Waals surface area (Å²) in [6.45, 7) is 0. The molecule has 0 saturated carbocycles. The summed E-state index contributed by atoms with van der Waals surface area (Å²) in [6.07, 6.45) is 4.65. The number of hydrogen-bond donors (Lipinski definition) is 2. The molecule has 0 bridgehead atoms. The lowest BCUT2D eigenvalue weighted by molar-refractivity contribution is 0.321. The lowest BCUT2D eigenvalue weighted by Crippen LogP contribution is -2.10. The predicted octanol–water partition coefficient (Wildman–Crippen LogP) is 1.97. The van der Waals surface area contributed by atoms with Gasteiger partial charge < -0.3 is 10.2 Å². The van der Waals surface area contributed by atoms with Crippen molar-refractivity contribution in [3.8, 4) is 11.4 Å². The van der Waals surface area contributed by atoms with E-state index in [1.54, 1.807) is 24.6 Å². The van der Waals surface area contributed by atoms with E-state index in [-0.39, 0.29) is 5.43 Å². The zero-order valence-electron chi connectivity index (χ0n) is 9.62. The summed E-state index contributed by atoms with van der Waals surface area (Å²) < 4.78 is 0. The summed E-state index contributed by atoms with van der Waals surface area (Å²) in [5, 5.41) is 11.6. The first-order chi connectivity index (χ1) is 8.76. The van der Waals surface area contributed by atoms with Gasteiger partial charge in [-0.05, 0) is 18.4 Å². The first-order valence-corrected chi connectivity index (χ1v) is 6.39. The van der Waals surface area contributed by atoms with E-state index >= 15 is 0 Å². The van der Waals surface area contributed by atoms with Crippen molar-refractivity contribution in [3.05, 3.63) is 46.4 Å². The molecule has 0 saturated heterocycles. The Kier molecular flexibility index (Phi) is 3.78. The average molecular weight is 261 g/mol. The van der Waals surface area contributed by atoms with Gasteiger partial charge in [-0.3, -0.25) is 9.78 Å². The molecule has 0 amide bonds. The van der Waals surface area contributed by atoms with E-state index in [4.69, 9.17) is 5.21 Å². The Bertz CT molecular complexity index is 623. The summed E-state index contributed by atoms with van der Waals surface area (Å²) in [5.74, 6) is 0. The summed E-state index contributed by atoms with van der Waals surface area (Å²) in [5.41, 5.74) is 1.60. The summed E-state index contributed by atoms with van der Waals surface area (Å²) >= 11 is 1.30. The van der Waals surface area contributed by atoms with Crippen LogP contribution >= 0.6 is 11.8 Å². The molecule has 0 aromatic carbocycles. The first kappa shape index (κ1) is 12.4. The van der Waals surface area contributed by atoms with Crippen LogP contribution in [0.5, 0.6) is 0 Å². The number of pyridine rings is 2. The number of aromatic nitrogens is 2. The van der Waals surface area contributed by atoms with E-state index < -0.39 is 0 Å². The number of oxime groups is 1. The van der Waals surface area contributed by atoms with E-state index in [2.05, 4.69) is 15.1 Å². The average Bonchev–Trinajstić information content (AvgIpc) is 2.40. The number of thioether (sulfide) groups is 1. The summed E-state index contributed by atoms with van der Waals surface area (Å²) in [4.78, 5) is 19.6. The fourth-order valence-electron chi connectivity index (χ4n) is 1.59. The third-order valence-corrected chi connectivity index (χ3v) is 3.17. The number of aromatic amines is 1. The van der Waals surface area contributed by atoms with Gasteiger partial charge in [0, 0.05) is 12.3 Å². The molecule has 18 heavy (non-hydrogen) atoms. The van der Waals surface area contributed by atoms with Crippen molar-refractivity contribution < 1.29 is 5.21 Å². The quantitative estimate of drug-likeness (QED) is 0.383. The van der Waals surface area contributed by atoms with Gasteiger partial charge in [0.15, 0.2) is 5.43 Å². The Labute approximate surface area is 108 Å². The number of rotatable bonds is 3. The molecule has 2 N–H and O–H groups in total. The Morgan fingerprint density at radius 3 is 2.94 bits per heavy atom. The number of hydrogen-bond acceptors (Lipinski definition) is 5. The van der Waals surface area contributed by atoms with Crippen molar-refractivity contribution in [2.75, 3.05) is 6.26 Å². The predicted molar refractivity (Wildman–Crippen MR) is 71.5 cm³/mol. The minimum absolute atomic E-state index is 0.128. The van der Waals surface area contributed by atoms with E-state index in [9.17, 15) is 4.79 Å². The third kappa shape index (κ3) is 2.43. The van der Waals surface area contributed by atoms with Crippen molar-refractivity contribution in [1.82, 2.24) is 9.97 Å². The Hall–Kier alpha value is -2.08. The highest BCUT2D eigenvalue weighted by Crippen LogP contribution is 2.18. The molecular formula is C12H11N3O2S. The molecule has 0 radical (unpaired) electrons. The van der Waals surface area contributed by atoms with E-state index in [0.717, 1.165) is 0 Å². The molecule has 2 aromatic rings. The lowest BCUT2D eigenvalue weighted by Gasteiger charge is -2.06. The minimum atomic E-state index is -0.128. The van der Waals surface area contributed by atoms with Crippen LogP contribution in [0, 0.1) is 0 Å². The number of nitrogens with zero attached hydrogens (tertiary/aromatic N) is 2. The molecule has 0 aliphatic heterocycles. The molecule has 0 atom stereocenters. The topological polar surface area (TPSA) is 78.3 Å². The second-order valence-corrected chi connectivity index (χ2v) is 4.27. The second-order valence-electron chi connectivity index (χ2n) is 3.45. The Morgan fingerprint density at radius 2 is 2.33 bits per heavy atom. The molecule has 5 nitrogen and oxygen atoms in total. The van der Waals surface area contributed by atoms with Crippen LogP contribution in [0.2, 0.25) is 0 Å². The minimum Gasteiger partial charge on any atom is -0.411 e. The molecule has 2 heterocycles. The Balaban J connectivity index is 2.62. The van der Waals surface area contributed by atoms with Crippen LogP contribution < -0.4 is 5.43 Å². The largest absolute Gasteiger partial charge is 0.411 e. The van der Waals surface area contributed by atoms with Crippen LogP contribution in [0.3, 0.4) is 0 Å². The third-order valence-electron chi connectivity index (χ3n) is 2.34. The maximum Gasteiger partial charge on any atom is 0.196 e. The molecule has 92 valence electrons. The highest BCUT2D eigenvalue weighted by Gasteiger charge is 2.09. The number of nitrogens with one attached hydrogen (secondary N) is 1. The van der Waals surface area contributed by atoms with Crippen molar-refractivity contribution in [1.29, 1.82) is 0 Å². The summed E-state index contributed by atoms with van der Waals surface area (Å²) in [7, 11) is 0. The monoisotopic (exact) mass is 261 g/mol. The van der Waals surface area contributed by atoms with E-state index in [1.165, 1.54) is 24.0 Å². The highest BCUT2D eigenvalue weighted by atomic mass is 32.2. The molecule has 0 unspecified atom stereocenters. The van der Waals surface area contributed by atoms with Crippen molar-refractivity contribution in [2.45, 2.75) is 4.90 Å². The molecule has 6 heteroatoms. The van der Waals surface area contributed by atoms with Crippen LogP contribution in [0.15, 0.2) is 45.3 Å². The van der Waals surface area contributed by atoms with Gasteiger partial charge in [-0.1, -0.05) is 11.2 Å². The van der Waals surface area contributed by atoms with Crippen LogP contribution in [0.1, 0.15) is 5.69 Å². The van der Waals surface area contributed by atoms with Gasteiger partial charge in [-0.15, -0.1) is 11.8 Å². The highest BCUT2D eigenvalue weighted by molar-refractivity contribution is 7.98.